The maximum atomic E-state index is 12.0. The lowest BCUT2D eigenvalue weighted by molar-refractivity contribution is 0.103. The fourth-order valence-corrected chi connectivity index (χ4v) is 1.50. The van der Waals surface area contributed by atoms with E-state index in [2.05, 4.69) is 0 Å². The minimum Gasteiger partial charge on any atom is -0.504 e. The summed E-state index contributed by atoms with van der Waals surface area (Å²) in [7, 11) is 0. The van der Waals surface area contributed by atoms with E-state index >= 15 is 0 Å². The molecule has 0 saturated carbocycles. The van der Waals surface area contributed by atoms with E-state index in [-0.39, 0.29) is 11.0 Å². The smallest absolute Gasteiger partial charge is 0.201 e. The Kier molecular flexibility index (Phi) is 3.91. The Morgan fingerprint density at radius 3 is 2.06 bits per heavy atom. The normalized spacial score (nSPS) is 9.56. The van der Waals surface area contributed by atoms with Gasteiger partial charge in [0.2, 0.25) is 5.75 Å². The maximum Gasteiger partial charge on any atom is 0.201 e. The Labute approximate surface area is 103 Å². The van der Waals surface area contributed by atoms with Crippen molar-refractivity contribution in [1.82, 2.24) is 0 Å². The van der Waals surface area contributed by atoms with Crippen molar-refractivity contribution in [3.8, 4) is 17.2 Å². The number of hydrogen-bond donors (Lipinski definition) is 3. The van der Waals surface area contributed by atoms with Crippen LogP contribution in [0.2, 0.25) is 0 Å². The van der Waals surface area contributed by atoms with Crippen molar-refractivity contribution in [2.75, 3.05) is 0 Å². The van der Waals surface area contributed by atoms with Crippen LogP contribution in [0, 0.1) is 0 Å². The molecule has 2 aromatic rings. The highest BCUT2D eigenvalue weighted by Crippen LogP contribution is 2.37. The molecule has 5 N–H and O–H groups in total. The lowest BCUT2D eigenvalue weighted by Gasteiger charge is -2.06. The van der Waals surface area contributed by atoms with E-state index in [4.69, 9.17) is 5.11 Å². The summed E-state index contributed by atoms with van der Waals surface area (Å²) in [5.74, 6) is -2.18. The zero-order chi connectivity index (χ0) is 12.4. The number of phenolic OH excluding ortho intramolecular Hbond substituents is 3. The van der Waals surface area contributed by atoms with Crippen LogP contribution in [0.15, 0.2) is 42.5 Å². The number of carbonyl (C=O) groups excluding carboxylic acids is 1. The molecule has 2 aromatic carbocycles. The minimum absolute atomic E-state index is 0. The average Bonchev–Trinajstić information content (AvgIpc) is 2.36. The van der Waals surface area contributed by atoms with Crippen LogP contribution >= 0.6 is 0 Å². The van der Waals surface area contributed by atoms with Gasteiger partial charge in [-0.25, -0.2) is 0 Å². The van der Waals surface area contributed by atoms with Gasteiger partial charge in [0.1, 0.15) is 0 Å². The third-order valence-electron chi connectivity index (χ3n) is 2.41. The third kappa shape index (κ3) is 2.26. The van der Waals surface area contributed by atoms with E-state index in [1.54, 1.807) is 30.3 Å². The first-order valence-electron chi connectivity index (χ1n) is 4.95. The van der Waals surface area contributed by atoms with Gasteiger partial charge in [-0.1, -0.05) is 30.3 Å². The summed E-state index contributed by atoms with van der Waals surface area (Å²) in [5, 5.41) is 28.1. The molecule has 0 fully saturated rings. The topological polar surface area (TPSA) is 109 Å². The quantitative estimate of drug-likeness (QED) is 0.548. The van der Waals surface area contributed by atoms with Crippen LogP contribution in [0.4, 0.5) is 0 Å². The van der Waals surface area contributed by atoms with Gasteiger partial charge >= 0.3 is 0 Å². The zero-order valence-corrected chi connectivity index (χ0v) is 9.29. The number of ketones is 1. The minimum atomic E-state index is -0.688. The van der Waals surface area contributed by atoms with Crippen molar-refractivity contribution in [2.45, 2.75) is 0 Å². The Morgan fingerprint density at radius 2 is 1.44 bits per heavy atom. The molecule has 5 nitrogen and oxygen atoms in total. The molecule has 18 heavy (non-hydrogen) atoms. The fraction of sp³-hybridized carbons (Fsp3) is 0. The van der Waals surface area contributed by atoms with Crippen LogP contribution in [-0.2, 0) is 0 Å². The summed E-state index contributed by atoms with van der Waals surface area (Å²) in [4.78, 5) is 12.0. The first-order valence-corrected chi connectivity index (χ1v) is 4.95. The molecule has 94 valence electrons. The van der Waals surface area contributed by atoms with Crippen molar-refractivity contribution in [3.05, 3.63) is 53.6 Å². The second kappa shape index (κ2) is 5.20. The predicted molar refractivity (Wildman–Crippen MR) is 64.9 cm³/mol. The van der Waals surface area contributed by atoms with Crippen LogP contribution in [0.1, 0.15) is 15.9 Å². The molecule has 0 unspecified atom stereocenters. The number of phenols is 3. The number of carbonyl (C=O) groups is 1. The zero-order valence-electron chi connectivity index (χ0n) is 9.29. The highest BCUT2D eigenvalue weighted by atomic mass is 16.3. The lowest BCUT2D eigenvalue weighted by atomic mass is 10.0. The van der Waals surface area contributed by atoms with E-state index < -0.39 is 23.0 Å². The Bertz CT molecular complexity index is 563. The van der Waals surface area contributed by atoms with Gasteiger partial charge in [-0.15, -0.1) is 0 Å². The highest BCUT2D eigenvalue weighted by molar-refractivity contribution is 6.11. The summed E-state index contributed by atoms with van der Waals surface area (Å²) < 4.78 is 0. The van der Waals surface area contributed by atoms with Gasteiger partial charge in [-0.3, -0.25) is 4.79 Å². The number of hydrogen-bond acceptors (Lipinski definition) is 4. The van der Waals surface area contributed by atoms with Crippen molar-refractivity contribution < 1.29 is 25.6 Å². The maximum absolute atomic E-state index is 12.0. The second-order valence-electron chi connectivity index (χ2n) is 3.52. The van der Waals surface area contributed by atoms with Gasteiger partial charge in [-0.05, 0) is 12.1 Å². The van der Waals surface area contributed by atoms with Crippen LogP contribution < -0.4 is 0 Å². The van der Waals surface area contributed by atoms with Gasteiger partial charge in [0.25, 0.3) is 0 Å². The first-order chi connectivity index (χ1) is 8.11. The third-order valence-corrected chi connectivity index (χ3v) is 2.41. The van der Waals surface area contributed by atoms with Crippen molar-refractivity contribution in [1.29, 1.82) is 0 Å². The largest absolute Gasteiger partial charge is 0.504 e. The molecule has 0 aliphatic rings. The summed E-state index contributed by atoms with van der Waals surface area (Å²) >= 11 is 0. The molecule has 0 bridgehead atoms. The molecule has 0 saturated heterocycles. The van der Waals surface area contributed by atoms with Crippen molar-refractivity contribution >= 4 is 5.78 Å². The molecule has 0 aliphatic heterocycles. The summed E-state index contributed by atoms with van der Waals surface area (Å²) in [6, 6.07) is 10.8. The van der Waals surface area contributed by atoms with Crippen LogP contribution in [0.25, 0.3) is 0 Å². The van der Waals surface area contributed by atoms with Gasteiger partial charge in [0, 0.05) is 5.56 Å². The molecule has 2 rings (SSSR count). The summed E-state index contributed by atoms with van der Waals surface area (Å²) in [6.45, 7) is 0. The van der Waals surface area contributed by atoms with E-state index in [1.807, 2.05) is 0 Å². The van der Waals surface area contributed by atoms with Gasteiger partial charge < -0.3 is 20.8 Å². The monoisotopic (exact) mass is 248 g/mol. The van der Waals surface area contributed by atoms with Crippen LogP contribution in [-0.4, -0.2) is 26.6 Å². The van der Waals surface area contributed by atoms with E-state index in [1.165, 1.54) is 6.07 Å². The van der Waals surface area contributed by atoms with Gasteiger partial charge in [0.05, 0.1) is 5.56 Å². The molecular weight excluding hydrogens is 236 g/mol. The summed E-state index contributed by atoms with van der Waals surface area (Å²) in [6.07, 6.45) is 0. The van der Waals surface area contributed by atoms with E-state index in [0.717, 1.165) is 6.07 Å². The van der Waals surface area contributed by atoms with Gasteiger partial charge in [0.15, 0.2) is 17.3 Å². The predicted octanol–water partition coefficient (Wildman–Crippen LogP) is 1.21. The Morgan fingerprint density at radius 1 is 0.833 bits per heavy atom. The van der Waals surface area contributed by atoms with Crippen molar-refractivity contribution in [3.63, 3.8) is 0 Å². The second-order valence-corrected chi connectivity index (χ2v) is 3.52. The fourth-order valence-electron chi connectivity index (χ4n) is 1.50. The highest BCUT2D eigenvalue weighted by Gasteiger charge is 2.18. The molecule has 0 aliphatic carbocycles. The molecule has 0 heterocycles. The Balaban J connectivity index is 0.00000162. The molecule has 0 amide bonds. The van der Waals surface area contributed by atoms with E-state index in [9.17, 15) is 15.0 Å². The summed E-state index contributed by atoms with van der Waals surface area (Å²) in [5.41, 5.74) is 0.347. The number of rotatable bonds is 2. The molecular formula is C13H12O5. The molecule has 0 spiro atoms. The molecule has 0 aromatic heterocycles. The molecule has 0 radical (unpaired) electrons. The van der Waals surface area contributed by atoms with E-state index in [0.29, 0.717) is 5.56 Å². The SMILES string of the molecule is O.O=C(c1ccccc1)c1ccc(O)c(O)c1O. The van der Waals surface area contributed by atoms with Crippen molar-refractivity contribution in [2.24, 2.45) is 0 Å². The lowest BCUT2D eigenvalue weighted by Crippen LogP contribution is -2.01. The first kappa shape index (κ1) is 13.5. The standard InChI is InChI=1S/C13H10O4.H2O/c14-10-7-6-9(12(16)13(10)17)11(15)8-4-2-1-3-5-8;/h1-7,14,16-17H;1H2. The van der Waals surface area contributed by atoms with Crippen LogP contribution in [0.5, 0.6) is 17.2 Å². The number of benzene rings is 2. The Hall–Kier alpha value is -2.53. The van der Waals surface area contributed by atoms with Crippen LogP contribution in [0.3, 0.4) is 0 Å². The van der Waals surface area contributed by atoms with Gasteiger partial charge in [-0.2, -0.15) is 0 Å². The molecule has 0 atom stereocenters. The average molecular weight is 248 g/mol. The molecule has 5 heteroatoms. The number of aromatic hydroxyl groups is 3.